The number of thiophene rings is 1. The van der Waals surface area contributed by atoms with Crippen LogP contribution in [0.15, 0.2) is 181 Å². The first-order valence-corrected chi connectivity index (χ1v) is 24.8. The Morgan fingerprint density at radius 3 is 2.10 bits per heavy atom. The number of hydrogen-bond acceptors (Lipinski definition) is 3. The number of nitrogens with zero attached hydrogens (tertiary/aromatic N) is 1. The predicted octanol–water partition coefficient (Wildman–Crippen LogP) is 19.4. The number of furan rings is 1. The van der Waals surface area contributed by atoms with Crippen molar-refractivity contribution in [1.82, 2.24) is 0 Å². The van der Waals surface area contributed by atoms with E-state index in [4.69, 9.17) is 4.42 Å². The van der Waals surface area contributed by atoms with Crippen molar-refractivity contribution >= 4 is 66.9 Å². The molecule has 0 amide bonds. The van der Waals surface area contributed by atoms with E-state index >= 15 is 0 Å². The zero-order valence-electron chi connectivity index (χ0n) is 40.6. The molecule has 0 fully saturated rings. The van der Waals surface area contributed by atoms with Crippen molar-refractivity contribution in [1.29, 1.82) is 0 Å². The summed E-state index contributed by atoms with van der Waals surface area (Å²) in [4.78, 5) is 3.51. The molecule has 0 saturated heterocycles. The van der Waals surface area contributed by atoms with E-state index < -0.39 is 0 Å². The first-order chi connectivity index (χ1) is 33.0. The van der Waals surface area contributed by atoms with Crippen molar-refractivity contribution in [2.75, 3.05) is 11.9 Å². The van der Waals surface area contributed by atoms with E-state index in [0.717, 1.165) is 17.6 Å². The Morgan fingerprint density at radius 1 is 0.662 bits per heavy atom. The van der Waals surface area contributed by atoms with Gasteiger partial charge in [-0.15, -0.1) is 11.3 Å². The fraction of sp³-hybridized carbons (Fsp3) is 0.169. The third kappa shape index (κ3) is 7.69. The van der Waals surface area contributed by atoms with Gasteiger partial charge in [0.2, 0.25) is 0 Å². The molecule has 0 bridgehead atoms. The van der Waals surface area contributed by atoms with Gasteiger partial charge in [0.05, 0.1) is 0 Å². The number of rotatable bonds is 9. The summed E-state index contributed by atoms with van der Waals surface area (Å²) in [6.45, 7) is 19.8. The highest BCUT2D eigenvalue weighted by molar-refractivity contribution is 7.20. The molecule has 0 aliphatic heterocycles. The van der Waals surface area contributed by atoms with E-state index in [1.807, 2.05) is 18.2 Å². The van der Waals surface area contributed by atoms with Crippen LogP contribution in [0.25, 0.3) is 88.7 Å². The van der Waals surface area contributed by atoms with Gasteiger partial charge in [-0.05, 0) is 148 Å². The minimum absolute atomic E-state index is 0.0269. The molecule has 3 heteroatoms. The van der Waals surface area contributed by atoms with Crippen molar-refractivity contribution in [3.05, 3.63) is 215 Å². The maximum atomic E-state index is 6.25. The molecule has 2 aromatic heterocycles. The summed E-state index contributed by atoms with van der Waals surface area (Å²) < 4.78 is 7.54. The van der Waals surface area contributed by atoms with Crippen LogP contribution in [-0.2, 0) is 5.41 Å². The molecule has 1 unspecified atom stereocenters. The third-order valence-electron chi connectivity index (χ3n) is 14.5. The Balaban J connectivity index is 0.000000202. The minimum atomic E-state index is 0.0269. The number of allylic oxidation sites excluding steroid dienone is 1. The topological polar surface area (TPSA) is 16.4 Å². The van der Waals surface area contributed by atoms with E-state index in [2.05, 4.69) is 231 Å². The average Bonchev–Trinajstić information content (AvgIpc) is 4.00. The molecule has 8 aromatic carbocycles. The maximum Gasteiger partial charge on any atom is 0.143 e. The summed E-state index contributed by atoms with van der Waals surface area (Å²) in [6.07, 6.45) is 7.40. The van der Waals surface area contributed by atoms with E-state index in [9.17, 15) is 0 Å². The molecule has 2 heterocycles. The molecule has 0 spiro atoms. The molecule has 11 rings (SSSR count). The molecule has 10 aromatic rings. The largest absolute Gasteiger partial charge is 0.455 e. The van der Waals surface area contributed by atoms with Gasteiger partial charge < -0.3 is 9.32 Å². The zero-order valence-corrected chi connectivity index (χ0v) is 41.4. The number of para-hydroxylation sites is 1. The molecule has 0 N–H and O–H groups in total. The Bertz CT molecular complexity index is 3560. The van der Waals surface area contributed by atoms with Gasteiger partial charge in [0.15, 0.2) is 0 Å². The van der Waals surface area contributed by atoms with Crippen molar-refractivity contribution in [2.45, 2.75) is 66.2 Å². The molecule has 336 valence electrons. The Kier molecular flexibility index (Phi) is 11.9. The minimum Gasteiger partial charge on any atom is -0.455 e. The van der Waals surface area contributed by atoms with Crippen LogP contribution in [0.5, 0.6) is 0 Å². The lowest BCUT2D eigenvalue weighted by atomic mass is 9.82. The van der Waals surface area contributed by atoms with E-state index in [1.54, 1.807) is 11.3 Å². The Hall–Kier alpha value is -7.20. The van der Waals surface area contributed by atoms with Crippen LogP contribution in [0.4, 0.5) is 11.4 Å². The number of fused-ring (bicyclic) bond motifs is 8. The van der Waals surface area contributed by atoms with Crippen LogP contribution in [0.2, 0.25) is 0 Å². The molecule has 1 aliphatic rings. The van der Waals surface area contributed by atoms with Crippen LogP contribution in [-0.4, -0.2) is 7.05 Å². The molecular weight excluding hydrogens is 843 g/mol. The van der Waals surface area contributed by atoms with Crippen molar-refractivity contribution < 1.29 is 4.42 Å². The summed E-state index contributed by atoms with van der Waals surface area (Å²) in [6, 6.07) is 59.7. The number of aryl methyl sites for hydroxylation is 1. The Morgan fingerprint density at radius 2 is 1.34 bits per heavy atom. The molecule has 1 atom stereocenters. The Labute approximate surface area is 406 Å². The number of benzene rings is 8. The average molecular weight is 902 g/mol. The van der Waals surface area contributed by atoms with E-state index in [1.165, 1.54) is 115 Å². The second-order valence-corrected chi connectivity index (χ2v) is 20.0. The van der Waals surface area contributed by atoms with Crippen molar-refractivity contribution in [3.63, 3.8) is 0 Å². The van der Waals surface area contributed by atoms with Gasteiger partial charge >= 0.3 is 0 Å². The van der Waals surface area contributed by atoms with Crippen molar-refractivity contribution in [2.24, 2.45) is 0 Å². The van der Waals surface area contributed by atoms with Crippen LogP contribution < -0.4 is 4.90 Å². The van der Waals surface area contributed by atoms with E-state index in [-0.39, 0.29) is 5.41 Å². The summed E-state index contributed by atoms with van der Waals surface area (Å²) in [5, 5.41) is 3.69. The summed E-state index contributed by atoms with van der Waals surface area (Å²) in [5.74, 6) is 0.526. The van der Waals surface area contributed by atoms with Gasteiger partial charge in [0.25, 0.3) is 0 Å². The molecule has 1 aliphatic carbocycles. The first kappa shape index (κ1) is 44.6. The lowest BCUT2D eigenvalue weighted by Crippen LogP contribution is -2.14. The normalized spacial score (nSPS) is 13.1. The second kappa shape index (κ2) is 18.1. The summed E-state index contributed by atoms with van der Waals surface area (Å²) in [5.41, 5.74) is 22.6. The monoisotopic (exact) mass is 901 g/mol. The maximum absolute atomic E-state index is 6.25. The lowest BCUT2D eigenvalue weighted by molar-refractivity contribution is 0.653. The van der Waals surface area contributed by atoms with Crippen molar-refractivity contribution in [3.8, 4) is 44.5 Å². The molecule has 2 nitrogen and oxygen atoms in total. The standard InChI is InChI=1S/C44H43NS.C21H16O/c1-8-14-40-41-28-34(22-26-44(41)46-43(40)10-3)33-21-25-42(30(5)27-33)45(7)35-23-19-32(20-24-35)37-17-13-18-38(31(37)6)39-16-12-11-15-36(39)29(4)9-2;1-21(2)16-9-5-3-8-15(16)19-17(21)12-11-14-13-7-4-6-10-18(13)22-20(14)19/h8,10-29H,3,9H2,1-2,4-7H3;3-12H,1-2H3/b14-8-;. The lowest BCUT2D eigenvalue weighted by Gasteiger charge is -2.23. The first-order valence-electron chi connectivity index (χ1n) is 24.0. The highest BCUT2D eigenvalue weighted by Crippen LogP contribution is 2.52. The molecule has 68 heavy (non-hydrogen) atoms. The molecule has 0 saturated carbocycles. The molecule has 0 radical (unpaired) electrons. The van der Waals surface area contributed by atoms with Crippen LogP contribution in [0.3, 0.4) is 0 Å². The van der Waals surface area contributed by atoms with Gasteiger partial charge in [0, 0.05) is 55.1 Å². The van der Waals surface area contributed by atoms with Crippen LogP contribution in [0.1, 0.15) is 85.2 Å². The fourth-order valence-electron chi connectivity index (χ4n) is 10.6. The van der Waals surface area contributed by atoms with Gasteiger partial charge in [0.1, 0.15) is 11.2 Å². The molecular formula is C65H59NOS. The predicted molar refractivity (Wildman–Crippen MR) is 297 cm³/mol. The van der Waals surface area contributed by atoms with Gasteiger partial charge in [-0.2, -0.15) is 0 Å². The van der Waals surface area contributed by atoms with Crippen LogP contribution >= 0.6 is 11.3 Å². The number of hydrogen-bond donors (Lipinski definition) is 0. The van der Waals surface area contributed by atoms with Gasteiger partial charge in [-0.3, -0.25) is 0 Å². The quantitative estimate of drug-likeness (QED) is 0.143. The van der Waals surface area contributed by atoms with Gasteiger partial charge in [-0.25, -0.2) is 0 Å². The highest BCUT2D eigenvalue weighted by atomic mass is 32.1. The second-order valence-electron chi connectivity index (χ2n) is 18.9. The van der Waals surface area contributed by atoms with Gasteiger partial charge in [-0.1, -0.05) is 174 Å². The zero-order chi connectivity index (χ0) is 47.3. The van der Waals surface area contributed by atoms with Crippen LogP contribution in [0, 0.1) is 13.8 Å². The SMILES string of the molecule is C=Cc1sc2ccc(-c3ccc(N(C)c4ccc(-c5cccc(-c6ccccc6C(C)CC)c5C)cc4)c(C)c3)cc2c1/C=C\C.CC1(C)c2ccccc2-c2c1ccc1c2oc2ccccc21. The number of anilines is 2. The smallest absolute Gasteiger partial charge is 0.143 e. The fourth-order valence-corrected chi connectivity index (χ4v) is 11.6. The summed E-state index contributed by atoms with van der Waals surface area (Å²) in [7, 11) is 2.16. The highest BCUT2D eigenvalue weighted by Gasteiger charge is 2.37. The summed E-state index contributed by atoms with van der Waals surface area (Å²) >= 11 is 1.80. The van der Waals surface area contributed by atoms with E-state index in [0.29, 0.717) is 5.92 Å². The third-order valence-corrected chi connectivity index (χ3v) is 15.7.